The molecule has 0 aromatic heterocycles. The van der Waals surface area contributed by atoms with Gasteiger partial charge in [-0.1, -0.05) is 0 Å². The van der Waals surface area contributed by atoms with Gasteiger partial charge in [0.15, 0.2) is 6.04 Å². The van der Waals surface area contributed by atoms with Crippen molar-refractivity contribution in [1.82, 2.24) is 4.90 Å². The number of carbonyl (C=O) groups excluding carboxylic acids is 1. The van der Waals surface area contributed by atoms with Gasteiger partial charge in [-0.15, -0.1) is 0 Å². The Hall–Kier alpha value is -1.30. The number of nitrogens with zero attached hydrogens (tertiary/aromatic N) is 1. The monoisotopic (exact) mass is 259 g/mol. The molecule has 6 heteroatoms. The van der Waals surface area contributed by atoms with Crippen molar-refractivity contribution in [3.05, 3.63) is 0 Å². The Morgan fingerprint density at radius 2 is 2.06 bits per heavy atom. The predicted octanol–water partition coefficient (Wildman–Crippen LogP) is 1.49. The summed E-state index contributed by atoms with van der Waals surface area (Å²) in [6.07, 6.45) is 0.353. The van der Waals surface area contributed by atoms with Crippen LogP contribution in [0, 0.1) is 0 Å². The summed E-state index contributed by atoms with van der Waals surface area (Å²) in [5, 5.41) is 9.22. The first-order valence-corrected chi connectivity index (χ1v) is 6.02. The van der Waals surface area contributed by atoms with Crippen LogP contribution in [0.1, 0.15) is 33.6 Å². The highest BCUT2D eigenvalue weighted by molar-refractivity contribution is 5.80. The summed E-state index contributed by atoms with van der Waals surface area (Å²) < 4.78 is 10.5. The second-order valence-electron chi connectivity index (χ2n) is 5.43. The zero-order valence-corrected chi connectivity index (χ0v) is 11.3. The average molecular weight is 259 g/mol. The minimum atomic E-state index is -1.07. The van der Waals surface area contributed by atoms with Gasteiger partial charge in [-0.3, -0.25) is 4.90 Å². The highest BCUT2D eigenvalue weighted by Crippen LogP contribution is 2.21. The Kier molecular flexibility index (Phi) is 4.56. The minimum absolute atomic E-state index is 0.458. The van der Waals surface area contributed by atoms with Crippen molar-refractivity contribution in [1.29, 1.82) is 0 Å². The first kappa shape index (κ1) is 14.8. The molecule has 6 nitrogen and oxygen atoms in total. The van der Waals surface area contributed by atoms with E-state index in [-0.39, 0.29) is 0 Å². The van der Waals surface area contributed by atoms with Crippen molar-refractivity contribution >= 4 is 12.1 Å². The quantitative estimate of drug-likeness (QED) is 0.831. The summed E-state index contributed by atoms with van der Waals surface area (Å²) in [5.74, 6) is -1.07. The van der Waals surface area contributed by atoms with Crippen LogP contribution in [0.25, 0.3) is 0 Å². The van der Waals surface area contributed by atoms with E-state index in [1.54, 1.807) is 20.8 Å². The fraction of sp³-hybridized carbons (Fsp3) is 0.833. The van der Waals surface area contributed by atoms with Crippen molar-refractivity contribution in [3.63, 3.8) is 0 Å². The van der Waals surface area contributed by atoms with Crippen LogP contribution in [-0.2, 0) is 14.3 Å². The van der Waals surface area contributed by atoms with Crippen molar-refractivity contribution in [2.45, 2.75) is 51.4 Å². The fourth-order valence-corrected chi connectivity index (χ4v) is 1.87. The number of likely N-dealkylation sites (N-methyl/N-ethyl adjacent to an activating group) is 1. The van der Waals surface area contributed by atoms with Crippen molar-refractivity contribution in [2.75, 3.05) is 13.7 Å². The zero-order valence-electron chi connectivity index (χ0n) is 11.3. The van der Waals surface area contributed by atoms with E-state index in [9.17, 15) is 14.7 Å². The SMILES string of the molecule is CN(C(=O)OC(C)(C)C)C(C(=O)O)C1CCCO1. The number of hydrogen-bond acceptors (Lipinski definition) is 4. The van der Waals surface area contributed by atoms with Crippen molar-refractivity contribution in [2.24, 2.45) is 0 Å². The number of carboxylic acid groups (broad SMARTS) is 1. The number of rotatable bonds is 3. The van der Waals surface area contributed by atoms with Crippen LogP contribution >= 0.6 is 0 Å². The average Bonchev–Trinajstić information content (AvgIpc) is 2.67. The third kappa shape index (κ3) is 3.87. The second-order valence-corrected chi connectivity index (χ2v) is 5.43. The lowest BCUT2D eigenvalue weighted by Crippen LogP contribution is -2.50. The molecule has 0 aromatic carbocycles. The van der Waals surface area contributed by atoms with Crippen LogP contribution in [0.4, 0.5) is 4.79 Å². The van der Waals surface area contributed by atoms with Gasteiger partial charge in [0, 0.05) is 13.7 Å². The third-order valence-electron chi connectivity index (χ3n) is 2.67. The van der Waals surface area contributed by atoms with Gasteiger partial charge in [-0.05, 0) is 33.6 Å². The number of ether oxygens (including phenoxy) is 2. The molecular formula is C12H21NO5. The van der Waals surface area contributed by atoms with Gasteiger partial charge in [-0.2, -0.15) is 0 Å². The van der Waals surface area contributed by atoms with E-state index in [0.717, 1.165) is 11.3 Å². The van der Waals surface area contributed by atoms with E-state index in [1.165, 1.54) is 7.05 Å². The van der Waals surface area contributed by atoms with E-state index in [4.69, 9.17) is 9.47 Å². The number of carboxylic acids is 1. The Labute approximate surface area is 107 Å². The Balaban J connectivity index is 2.73. The highest BCUT2D eigenvalue weighted by Gasteiger charge is 2.38. The molecule has 104 valence electrons. The van der Waals surface area contributed by atoms with Crippen LogP contribution < -0.4 is 0 Å². The van der Waals surface area contributed by atoms with Crippen LogP contribution in [0.15, 0.2) is 0 Å². The van der Waals surface area contributed by atoms with Crippen LogP contribution in [0.3, 0.4) is 0 Å². The molecule has 0 radical (unpaired) electrons. The minimum Gasteiger partial charge on any atom is -0.480 e. The summed E-state index contributed by atoms with van der Waals surface area (Å²) in [6.45, 7) is 5.75. The predicted molar refractivity (Wildman–Crippen MR) is 64.4 cm³/mol. The molecule has 0 bridgehead atoms. The smallest absolute Gasteiger partial charge is 0.410 e. The molecule has 18 heavy (non-hydrogen) atoms. The van der Waals surface area contributed by atoms with Crippen LogP contribution in [0.5, 0.6) is 0 Å². The number of aliphatic carboxylic acids is 1. The summed E-state index contributed by atoms with van der Waals surface area (Å²) >= 11 is 0. The summed E-state index contributed by atoms with van der Waals surface area (Å²) in [7, 11) is 1.43. The first-order valence-electron chi connectivity index (χ1n) is 6.02. The van der Waals surface area contributed by atoms with Gasteiger partial charge in [0.2, 0.25) is 0 Å². The number of carbonyl (C=O) groups is 2. The van der Waals surface area contributed by atoms with E-state index in [1.807, 2.05) is 0 Å². The molecule has 2 atom stereocenters. The Morgan fingerprint density at radius 1 is 1.44 bits per heavy atom. The maximum absolute atomic E-state index is 11.8. The lowest BCUT2D eigenvalue weighted by Gasteiger charge is -2.31. The molecule has 0 saturated carbocycles. The Morgan fingerprint density at radius 3 is 2.44 bits per heavy atom. The van der Waals surface area contributed by atoms with E-state index in [0.29, 0.717) is 13.0 Å². The van der Waals surface area contributed by atoms with Gasteiger partial charge in [0.25, 0.3) is 0 Å². The topological polar surface area (TPSA) is 76.1 Å². The van der Waals surface area contributed by atoms with Crippen molar-refractivity contribution in [3.8, 4) is 0 Å². The molecule has 1 fully saturated rings. The molecule has 0 aromatic rings. The summed E-state index contributed by atoms with van der Waals surface area (Å²) in [5.41, 5.74) is -0.648. The molecule has 1 rings (SSSR count). The summed E-state index contributed by atoms with van der Waals surface area (Å²) in [6, 6.07) is -0.998. The molecule has 1 amide bonds. The van der Waals surface area contributed by atoms with Crippen molar-refractivity contribution < 1.29 is 24.2 Å². The van der Waals surface area contributed by atoms with Gasteiger partial charge in [0.1, 0.15) is 5.60 Å². The molecule has 0 spiro atoms. The molecule has 1 heterocycles. The number of hydrogen-bond donors (Lipinski definition) is 1. The molecule has 1 aliphatic heterocycles. The summed E-state index contributed by atoms with van der Waals surface area (Å²) in [4.78, 5) is 24.2. The van der Waals surface area contributed by atoms with E-state index < -0.39 is 29.8 Å². The lowest BCUT2D eigenvalue weighted by atomic mass is 10.1. The highest BCUT2D eigenvalue weighted by atomic mass is 16.6. The van der Waals surface area contributed by atoms with E-state index in [2.05, 4.69) is 0 Å². The lowest BCUT2D eigenvalue weighted by molar-refractivity contribution is -0.147. The van der Waals surface area contributed by atoms with Gasteiger partial charge < -0.3 is 14.6 Å². The van der Waals surface area contributed by atoms with Gasteiger partial charge in [0.05, 0.1) is 6.10 Å². The standard InChI is InChI=1S/C12H21NO5/c1-12(2,3)18-11(16)13(4)9(10(14)15)8-6-5-7-17-8/h8-9H,5-7H2,1-4H3,(H,14,15). The maximum Gasteiger partial charge on any atom is 0.410 e. The largest absolute Gasteiger partial charge is 0.480 e. The van der Waals surface area contributed by atoms with E-state index >= 15 is 0 Å². The van der Waals surface area contributed by atoms with Gasteiger partial charge in [-0.25, -0.2) is 9.59 Å². The number of amides is 1. The zero-order chi connectivity index (χ0) is 13.9. The first-order chi connectivity index (χ1) is 8.22. The maximum atomic E-state index is 11.8. The molecule has 2 unspecified atom stereocenters. The van der Waals surface area contributed by atoms with Crippen LogP contribution in [0.2, 0.25) is 0 Å². The molecule has 0 aliphatic carbocycles. The third-order valence-corrected chi connectivity index (χ3v) is 2.67. The molecule has 1 N–H and O–H groups in total. The van der Waals surface area contributed by atoms with Crippen LogP contribution in [-0.4, -0.2) is 53.5 Å². The van der Waals surface area contributed by atoms with Gasteiger partial charge >= 0.3 is 12.1 Å². The molecular weight excluding hydrogens is 238 g/mol. The second kappa shape index (κ2) is 5.56. The fourth-order valence-electron chi connectivity index (χ4n) is 1.87. The molecule has 1 aliphatic rings. The Bertz CT molecular complexity index is 317. The normalized spacial score (nSPS) is 21.4. The molecule has 1 saturated heterocycles.